The molecule has 0 aromatic heterocycles. The molecule has 0 bridgehead atoms. The van der Waals surface area contributed by atoms with Crippen molar-refractivity contribution >= 4 is 56.9 Å². The van der Waals surface area contributed by atoms with Gasteiger partial charge in [0.1, 0.15) is 5.82 Å². The molecular formula is C36H35Cl2FN2O5S. The summed E-state index contributed by atoms with van der Waals surface area (Å²) in [5.74, 6) is -2.71. The second-order valence-corrected chi connectivity index (χ2v) is 14.6. The van der Waals surface area contributed by atoms with Gasteiger partial charge in [-0.05, 0) is 76.6 Å². The van der Waals surface area contributed by atoms with Crippen molar-refractivity contribution in [2.45, 2.75) is 33.1 Å². The third-order valence-corrected chi connectivity index (χ3v) is 8.41. The number of benzene rings is 4. The van der Waals surface area contributed by atoms with Crippen LogP contribution in [0.1, 0.15) is 53.7 Å². The summed E-state index contributed by atoms with van der Waals surface area (Å²) < 4.78 is 45.5. The molecule has 0 aliphatic heterocycles. The minimum absolute atomic E-state index is 0.000738. The number of allylic oxidation sites excluding steroid dienone is 1. The molecule has 0 radical (unpaired) electrons. The molecule has 1 unspecified atom stereocenters. The fraction of sp³-hybridized carbons (Fsp3) is 0.222. The summed E-state index contributed by atoms with van der Waals surface area (Å²) in [6, 6.07) is 23.3. The molecule has 47 heavy (non-hydrogen) atoms. The van der Waals surface area contributed by atoms with E-state index in [0.29, 0.717) is 21.2 Å². The summed E-state index contributed by atoms with van der Waals surface area (Å²) in [5, 5.41) is 6.10. The molecule has 0 fully saturated rings. The number of anilines is 1. The number of amides is 2. The van der Waals surface area contributed by atoms with E-state index in [2.05, 4.69) is 37.5 Å². The van der Waals surface area contributed by atoms with Crippen LogP contribution in [0.2, 0.25) is 10.0 Å². The van der Waals surface area contributed by atoms with E-state index in [4.69, 9.17) is 27.8 Å². The smallest absolute Gasteiger partial charge is 0.266 e. The first kappa shape index (κ1) is 35.8. The predicted molar refractivity (Wildman–Crippen MR) is 187 cm³/mol. The Hall–Kier alpha value is -4.02. The number of halogens is 3. The number of nitrogens with one attached hydrogen (secondary N) is 2. The number of hydrogen-bond donors (Lipinski definition) is 3. The Morgan fingerprint density at radius 1 is 0.936 bits per heavy atom. The first-order valence-electron chi connectivity index (χ1n) is 14.7. The van der Waals surface area contributed by atoms with E-state index in [1.165, 1.54) is 12.1 Å². The number of rotatable bonds is 11. The Bertz CT molecular complexity index is 1890. The van der Waals surface area contributed by atoms with Gasteiger partial charge in [0, 0.05) is 33.4 Å². The van der Waals surface area contributed by atoms with Crippen molar-refractivity contribution in [2.24, 2.45) is 5.41 Å². The van der Waals surface area contributed by atoms with E-state index < -0.39 is 33.5 Å². The maximum atomic E-state index is 14.8. The molecule has 2 amide bonds. The highest BCUT2D eigenvalue weighted by Crippen LogP contribution is 2.33. The molecule has 0 saturated carbocycles. The maximum Gasteiger partial charge on any atom is 0.266 e. The Kier molecular flexibility index (Phi) is 11.6. The Morgan fingerprint density at radius 3 is 2.23 bits per heavy atom. The lowest BCUT2D eigenvalue weighted by atomic mass is 9.89. The largest absolute Gasteiger partial charge is 0.351 e. The van der Waals surface area contributed by atoms with Crippen molar-refractivity contribution < 1.29 is 27.0 Å². The average Bonchev–Trinajstić information content (AvgIpc) is 2.98. The van der Waals surface area contributed by atoms with Gasteiger partial charge in [-0.25, -0.2) is 4.39 Å². The molecule has 7 nitrogen and oxygen atoms in total. The van der Waals surface area contributed by atoms with E-state index in [-0.39, 0.29) is 35.5 Å². The lowest BCUT2D eigenvalue weighted by Crippen LogP contribution is -2.28. The molecule has 0 heterocycles. The van der Waals surface area contributed by atoms with Crippen LogP contribution in [0.4, 0.5) is 10.1 Å². The van der Waals surface area contributed by atoms with Crippen LogP contribution >= 0.6 is 23.2 Å². The van der Waals surface area contributed by atoms with Gasteiger partial charge in [0.25, 0.3) is 16.0 Å². The van der Waals surface area contributed by atoms with E-state index in [1.807, 2.05) is 30.3 Å². The van der Waals surface area contributed by atoms with Gasteiger partial charge < -0.3 is 10.6 Å². The van der Waals surface area contributed by atoms with Crippen LogP contribution in [0.3, 0.4) is 0 Å². The average molecular weight is 698 g/mol. The third-order valence-electron chi connectivity index (χ3n) is 7.14. The van der Waals surface area contributed by atoms with Crippen molar-refractivity contribution in [3.63, 3.8) is 0 Å². The van der Waals surface area contributed by atoms with Gasteiger partial charge in [-0.3, -0.25) is 14.1 Å². The summed E-state index contributed by atoms with van der Waals surface area (Å²) >= 11 is 12.4. The maximum absolute atomic E-state index is 14.8. The van der Waals surface area contributed by atoms with Gasteiger partial charge in [-0.2, -0.15) is 8.42 Å². The Morgan fingerprint density at radius 2 is 1.62 bits per heavy atom. The van der Waals surface area contributed by atoms with Gasteiger partial charge in [-0.1, -0.05) is 98.6 Å². The van der Waals surface area contributed by atoms with E-state index in [1.54, 1.807) is 48.5 Å². The van der Waals surface area contributed by atoms with Crippen LogP contribution in [0, 0.1) is 11.2 Å². The highest BCUT2D eigenvalue weighted by atomic mass is 35.5. The van der Waals surface area contributed by atoms with Crippen molar-refractivity contribution in [1.82, 2.24) is 5.32 Å². The van der Waals surface area contributed by atoms with Crippen molar-refractivity contribution in [1.29, 1.82) is 0 Å². The topological polar surface area (TPSA) is 113 Å². The zero-order valence-corrected chi connectivity index (χ0v) is 28.4. The molecule has 0 spiro atoms. The predicted octanol–water partition coefficient (Wildman–Crippen LogP) is 8.44. The van der Waals surface area contributed by atoms with E-state index >= 15 is 0 Å². The SMILES string of the molecule is CC(C)(C)/C=C/c1ccc(C(Cc2ccc(C(=O)NCCS(=O)(=O)O)cc2)C(=O)Nc2cc(F)cc(-c3ccc(Cl)cc3Cl)c2)cc1. The number of carbonyl (C=O) groups excluding carboxylic acids is 2. The van der Waals surface area contributed by atoms with Gasteiger partial charge in [0.2, 0.25) is 5.91 Å². The van der Waals surface area contributed by atoms with Crippen LogP contribution in [0.5, 0.6) is 0 Å². The first-order chi connectivity index (χ1) is 22.1. The number of hydrogen-bond acceptors (Lipinski definition) is 4. The van der Waals surface area contributed by atoms with E-state index in [9.17, 15) is 22.4 Å². The second-order valence-electron chi connectivity index (χ2n) is 12.2. The van der Waals surface area contributed by atoms with Crippen LogP contribution in [0.15, 0.2) is 91.0 Å². The monoisotopic (exact) mass is 696 g/mol. The Labute approximate surface area is 284 Å². The van der Waals surface area contributed by atoms with Crippen LogP contribution < -0.4 is 10.6 Å². The minimum atomic E-state index is -4.20. The van der Waals surface area contributed by atoms with Crippen molar-refractivity contribution in [3.05, 3.63) is 129 Å². The molecule has 4 rings (SSSR count). The molecule has 4 aromatic rings. The molecule has 246 valence electrons. The van der Waals surface area contributed by atoms with Crippen molar-refractivity contribution in [2.75, 3.05) is 17.6 Å². The summed E-state index contributed by atoms with van der Waals surface area (Å²) in [4.78, 5) is 26.3. The molecule has 11 heteroatoms. The van der Waals surface area contributed by atoms with Crippen molar-refractivity contribution in [3.8, 4) is 11.1 Å². The molecule has 3 N–H and O–H groups in total. The highest BCUT2D eigenvalue weighted by Gasteiger charge is 2.23. The normalized spacial score (nSPS) is 12.6. The second kappa shape index (κ2) is 15.3. The minimum Gasteiger partial charge on any atom is -0.351 e. The Balaban J connectivity index is 1.60. The molecular weight excluding hydrogens is 662 g/mol. The number of carbonyl (C=O) groups is 2. The van der Waals surface area contributed by atoms with Gasteiger partial charge >= 0.3 is 0 Å². The van der Waals surface area contributed by atoms with Gasteiger partial charge in [0.05, 0.1) is 11.7 Å². The molecule has 0 saturated heterocycles. The molecule has 4 aromatic carbocycles. The zero-order valence-electron chi connectivity index (χ0n) is 26.1. The zero-order chi connectivity index (χ0) is 34.4. The lowest BCUT2D eigenvalue weighted by Gasteiger charge is -2.19. The molecule has 0 aliphatic rings. The van der Waals surface area contributed by atoms with Gasteiger partial charge in [-0.15, -0.1) is 0 Å². The fourth-order valence-corrected chi connectivity index (χ4v) is 5.62. The summed E-state index contributed by atoms with van der Waals surface area (Å²) in [7, 11) is -4.20. The molecule has 1 atom stereocenters. The highest BCUT2D eigenvalue weighted by molar-refractivity contribution is 7.85. The van der Waals surface area contributed by atoms with E-state index in [0.717, 1.165) is 16.7 Å². The van der Waals surface area contributed by atoms with Gasteiger partial charge in [0.15, 0.2) is 0 Å². The summed E-state index contributed by atoms with van der Waals surface area (Å²) in [6.07, 6.45) is 4.38. The first-order valence-corrected chi connectivity index (χ1v) is 17.1. The summed E-state index contributed by atoms with van der Waals surface area (Å²) in [6.45, 7) is 6.07. The lowest BCUT2D eigenvalue weighted by molar-refractivity contribution is -0.117. The van der Waals surface area contributed by atoms with Crippen LogP contribution in [-0.2, 0) is 21.3 Å². The third kappa shape index (κ3) is 11.0. The quantitative estimate of drug-likeness (QED) is 0.136. The standard InChI is InChI=1S/C36H35Cl2FN2O5S/c1-36(2,3)15-14-23-4-8-25(9-5-23)32(18-24-6-10-26(11-7-24)34(42)40-16-17-47(44,45)46)35(43)41-30-20-27(19-29(39)22-30)31-13-12-28(37)21-33(31)38/h4-15,19-22,32H,16-18H2,1-3H3,(H,40,42)(H,41,43)(H,44,45,46)/b15-14+. The van der Waals surface area contributed by atoms with Crippen LogP contribution in [0.25, 0.3) is 17.2 Å². The van der Waals surface area contributed by atoms with Crippen LogP contribution in [-0.4, -0.2) is 37.1 Å². The summed E-state index contributed by atoms with van der Waals surface area (Å²) in [5.41, 5.74) is 4.03. The molecule has 0 aliphatic carbocycles. The fourth-order valence-electron chi connectivity index (χ4n) is 4.74.